The lowest BCUT2D eigenvalue weighted by Crippen LogP contribution is -2.36. The van der Waals surface area contributed by atoms with Crippen LogP contribution in [0.25, 0.3) is 0 Å². The van der Waals surface area contributed by atoms with Crippen molar-refractivity contribution in [2.24, 2.45) is 0 Å². The highest BCUT2D eigenvalue weighted by Crippen LogP contribution is 2.27. The standard InChI is InChI=1S/C19H22N2O4S/c1-25-17-11-5-4-10-16(17)20-19(22)15-9-3-6-12-18(15)26(23,24)21-13-7-2-8-14-21/h3-6,9-12H,2,7-8,13-14H2,1H3,(H,20,22). The highest BCUT2D eigenvalue weighted by Gasteiger charge is 2.29. The van der Waals surface area contributed by atoms with Gasteiger partial charge in [-0.05, 0) is 37.1 Å². The molecule has 0 saturated carbocycles. The number of methoxy groups -OCH3 is 1. The van der Waals surface area contributed by atoms with Crippen LogP contribution in [0.5, 0.6) is 5.75 Å². The molecule has 0 atom stereocenters. The van der Waals surface area contributed by atoms with E-state index in [0.29, 0.717) is 24.5 Å². The second-order valence-electron chi connectivity index (χ2n) is 6.12. The number of rotatable bonds is 5. The Morgan fingerprint density at radius 3 is 2.38 bits per heavy atom. The van der Waals surface area contributed by atoms with Crippen molar-refractivity contribution in [3.63, 3.8) is 0 Å². The van der Waals surface area contributed by atoms with Gasteiger partial charge in [-0.15, -0.1) is 0 Å². The summed E-state index contributed by atoms with van der Waals surface area (Å²) < 4.78 is 32.7. The second-order valence-corrected chi connectivity index (χ2v) is 8.02. The van der Waals surface area contributed by atoms with E-state index in [-0.39, 0.29) is 10.5 Å². The molecular formula is C19H22N2O4S. The molecule has 1 aliphatic rings. The summed E-state index contributed by atoms with van der Waals surface area (Å²) >= 11 is 0. The largest absolute Gasteiger partial charge is 0.495 e. The summed E-state index contributed by atoms with van der Waals surface area (Å²) in [6.07, 6.45) is 2.71. The molecule has 0 aliphatic carbocycles. The van der Waals surface area contributed by atoms with E-state index in [4.69, 9.17) is 4.74 Å². The third-order valence-electron chi connectivity index (χ3n) is 4.42. The number of piperidine rings is 1. The number of amides is 1. The lowest BCUT2D eigenvalue weighted by Gasteiger charge is -2.26. The van der Waals surface area contributed by atoms with E-state index in [9.17, 15) is 13.2 Å². The highest BCUT2D eigenvalue weighted by atomic mass is 32.2. The summed E-state index contributed by atoms with van der Waals surface area (Å²) in [5.41, 5.74) is 0.620. The topological polar surface area (TPSA) is 75.7 Å². The minimum Gasteiger partial charge on any atom is -0.495 e. The maximum atomic E-state index is 13.0. The Hall–Kier alpha value is -2.38. The Morgan fingerprint density at radius 1 is 1.00 bits per heavy atom. The van der Waals surface area contributed by atoms with Crippen molar-refractivity contribution in [2.45, 2.75) is 24.2 Å². The predicted molar refractivity (Wildman–Crippen MR) is 100.0 cm³/mol. The normalized spacial score (nSPS) is 15.4. The van der Waals surface area contributed by atoms with Crippen LogP contribution in [0, 0.1) is 0 Å². The Labute approximate surface area is 153 Å². The number of ether oxygens (including phenoxy) is 1. The van der Waals surface area contributed by atoms with E-state index in [1.807, 2.05) is 0 Å². The molecule has 138 valence electrons. The van der Waals surface area contributed by atoms with Gasteiger partial charge in [0, 0.05) is 13.1 Å². The summed E-state index contributed by atoms with van der Waals surface area (Å²) in [6, 6.07) is 13.3. The molecule has 3 rings (SSSR count). The fourth-order valence-corrected chi connectivity index (χ4v) is 4.77. The Morgan fingerprint density at radius 2 is 1.65 bits per heavy atom. The van der Waals surface area contributed by atoms with Gasteiger partial charge in [-0.1, -0.05) is 30.7 Å². The lowest BCUT2D eigenvalue weighted by atomic mass is 10.2. The zero-order valence-electron chi connectivity index (χ0n) is 14.6. The van der Waals surface area contributed by atoms with Crippen molar-refractivity contribution in [2.75, 3.05) is 25.5 Å². The smallest absolute Gasteiger partial charge is 0.257 e. The molecule has 0 radical (unpaired) electrons. The van der Waals surface area contributed by atoms with Crippen LogP contribution in [0.3, 0.4) is 0 Å². The number of anilines is 1. The van der Waals surface area contributed by atoms with Crippen LogP contribution in [0.2, 0.25) is 0 Å². The van der Waals surface area contributed by atoms with Gasteiger partial charge in [0.15, 0.2) is 0 Å². The van der Waals surface area contributed by atoms with E-state index in [1.165, 1.54) is 23.5 Å². The molecular weight excluding hydrogens is 352 g/mol. The summed E-state index contributed by atoms with van der Waals surface area (Å²) in [7, 11) is -2.19. The number of sulfonamides is 1. The quantitative estimate of drug-likeness (QED) is 0.872. The number of para-hydroxylation sites is 2. The zero-order valence-corrected chi connectivity index (χ0v) is 15.5. The van der Waals surface area contributed by atoms with Crippen LogP contribution in [0.4, 0.5) is 5.69 Å². The van der Waals surface area contributed by atoms with Crippen molar-refractivity contribution in [3.8, 4) is 5.75 Å². The molecule has 1 amide bonds. The number of carbonyl (C=O) groups is 1. The second kappa shape index (κ2) is 7.88. The van der Waals surface area contributed by atoms with Gasteiger partial charge in [0.2, 0.25) is 10.0 Å². The van der Waals surface area contributed by atoms with Gasteiger partial charge in [-0.25, -0.2) is 8.42 Å². The third kappa shape index (κ3) is 3.73. The van der Waals surface area contributed by atoms with Gasteiger partial charge >= 0.3 is 0 Å². The summed E-state index contributed by atoms with van der Waals surface area (Å²) in [6.45, 7) is 0.982. The van der Waals surface area contributed by atoms with Gasteiger partial charge in [0.1, 0.15) is 5.75 Å². The molecule has 2 aromatic carbocycles. The van der Waals surface area contributed by atoms with Crippen LogP contribution >= 0.6 is 0 Å². The minimum absolute atomic E-state index is 0.0364. The van der Waals surface area contributed by atoms with Crippen molar-refractivity contribution in [1.82, 2.24) is 4.31 Å². The van der Waals surface area contributed by atoms with E-state index in [1.54, 1.807) is 36.4 Å². The van der Waals surface area contributed by atoms with Gasteiger partial charge in [0.25, 0.3) is 5.91 Å². The van der Waals surface area contributed by atoms with Crippen LogP contribution in [-0.4, -0.2) is 38.8 Å². The zero-order chi connectivity index (χ0) is 18.6. The first-order valence-electron chi connectivity index (χ1n) is 8.57. The number of hydrogen-bond acceptors (Lipinski definition) is 4. The van der Waals surface area contributed by atoms with E-state index in [2.05, 4.69) is 5.32 Å². The van der Waals surface area contributed by atoms with E-state index >= 15 is 0 Å². The molecule has 2 aromatic rings. The van der Waals surface area contributed by atoms with Crippen LogP contribution < -0.4 is 10.1 Å². The van der Waals surface area contributed by atoms with Crippen LogP contribution in [-0.2, 0) is 10.0 Å². The Kier molecular flexibility index (Phi) is 5.58. The van der Waals surface area contributed by atoms with Gasteiger partial charge in [-0.2, -0.15) is 4.31 Å². The molecule has 1 aliphatic heterocycles. The molecule has 26 heavy (non-hydrogen) atoms. The molecule has 1 heterocycles. The summed E-state index contributed by atoms with van der Waals surface area (Å²) in [5.74, 6) is 0.0305. The maximum absolute atomic E-state index is 13.0. The van der Waals surface area contributed by atoms with Gasteiger partial charge in [-0.3, -0.25) is 4.79 Å². The molecule has 1 N–H and O–H groups in total. The SMILES string of the molecule is COc1ccccc1NC(=O)c1ccccc1S(=O)(=O)N1CCCCC1. The molecule has 0 unspecified atom stereocenters. The molecule has 7 heteroatoms. The van der Waals surface area contributed by atoms with Crippen molar-refractivity contribution < 1.29 is 17.9 Å². The third-order valence-corrected chi connectivity index (χ3v) is 6.38. The Bertz CT molecular complexity index is 890. The molecule has 1 fully saturated rings. The van der Waals surface area contributed by atoms with E-state index < -0.39 is 15.9 Å². The van der Waals surface area contributed by atoms with Crippen molar-refractivity contribution in [1.29, 1.82) is 0 Å². The number of hydrogen-bond donors (Lipinski definition) is 1. The maximum Gasteiger partial charge on any atom is 0.257 e. The highest BCUT2D eigenvalue weighted by molar-refractivity contribution is 7.89. The van der Waals surface area contributed by atoms with Crippen molar-refractivity contribution >= 4 is 21.6 Å². The van der Waals surface area contributed by atoms with Crippen LogP contribution in [0.1, 0.15) is 29.6 Å². The number of nitrogens with zero attached hydrogens (tertiary/aromatic N) is 1. The molecule has 1 saturated heterocycles. The fourth-order valence-electron chi connectivity index (χ4n) is 3.06. The Balaban J connectivity index is 1.92. The number of carbonyl (C=O) groups excluding carboxylic acids is 1. The summed E-state index contributed by atoms with van der Waals surface area (Å²) in [5, 5.41) is 2.75. The minimum atomic E-state index is -3.70. The average Bonchev–Trinajstić information content (AvgIpc) is 2.69. The molecule has 6 nitrogen and oxygen atoms in total. The molecule has 0 spiro atoms. The average molecular weight is 374 g/mol. The first-order valence-corrected chi connectivity index (χ1v) is 10.0. The van der Waals surface area contributed by atoms with Crippen molar-refractivity contribution in [3.05, 3.63) is 54.1 Å². The first-order chi connectivity index (χ1) is 12.5. The number of nitrogens with one attached hydrogen (secondary N) is 1. The van der Waals surface area contributed by atoms with Gasteiger partial charge in [0.05, 0.1) is 23.3 Å². The van der Waals surface area contributed by atoms with Gasteiger partial charge < -0.3 is 10.1 Å². The predicted octanol–water partition coefficient (Wildman–Crippen LogP) is 3.12. The summed E-state index contributed by atoms with van der Waals surface area (Å²) in [4.78, 5) is 12.8. The molecule has 0 bridgehead atoms. The molecule has 0 aromatic heterocycles. The lowest BCUT2D eigenvalue weighted by molar-refractivity contribution is 0.102. The monoisotopic (exact) mass is 374 g/mol. The number of benzene rings is 2. The fraction of sp³-hybridized carbons (Fsp3) is 0.316. The van der Waals surface area contributed by atoms with Crippen LogP contribution in [0.15, 0.2) is 53.4 Å². The van der Waals surface area contributed by atoms with E-state index in [0.717, 1.165) is 19.3 Å². The first kappa shape index (κ1) is 18.4.